The van der Waals surface area contributed by atoms with Gasteiger partial charge in [0.2, 0.25) is 0 Å². The number of morpholine rings is 1. The minimum atomic E-state index is 0.368. The number of aliphatic hydroxyl groups excluding tert-OH is 1. The molecule has 0 radical (unpaired) electrons. The Kier molecular flexibility index (Phi) is 13.8. The number of aliphatic hydroxyl groups is 1. The lowest BCUT2D eigenvalue weighted by atomic mass is 10.0. The highest BCUT2D eigenvalue weighted by molar-refractivity contribution is 4.52. The van der Waals surface area contributed by atoms with Gasteiger partial charge in [0.25, 0.3) is 0 Å². The van der Waals surface area contributed by atoms with Gasteiger partial charge in [-0.3, -0.25) is 0 Å². The van der Waals surface area contributed by atoms with Crippen molar-refractivity contribution in [2.75, 3.05) is 46.0 Å². The molecule has 0 aromatic rings. The zero-order chi connectivity index (χ0) is 17.3. The van der Waals surface area contributed by atoms with E-state index in [1.807, 2.05) is 0 Å². The third kappa shape index (κ3) is 10.7. The molecule has 1 saturated heterocycles. The molecular weight excluding hydrogens is 298 g/mol. The summed E-state index contributed by atoms with van der Waals surface area (Å²) in [6, 6.07) is 0. The van der Waals surface area contributed by atoms with Crippen LogP contribution in [0, 0.1) is 0 Å². The van der Waals surface area contributed by atoms with Crippen LogP contribution in [0.4, 0.5) is 0 Å². The molecule has 0 atom stereocenters. The summed E-state index contributed by atoms with van der Waals surface area (Å²) < 4.78 is 6.83. The van der Waals surface area contributed by atoms with E-state index in [-0.39, 0.29) is 0 Å². The van der Waals surface area contributed by atoms with E-state index < -0.39 is 0 Å². The fourth-order valence-electron chi connectivity index (χ4n) is 3.93. The minimum Gasteiger partial charge on any atom is -0.396 e. The van der Waals surface area contributed by atoms with Crippen LogP contribution < -0.4 is 0 Å². The largest absolute Gasteiger partial charge is 0.396 e. The van der Waals surface area contributed by atoms with Crippen molar-refractivity contribution in [3.8, 4) is 0 Å². The molecule has 1 N–H and O–H groups in total. The molecule has 0 aliphatic carbocycles. The molecule has 3 heteroatoms. The van der Waals surface area contributed by atoms with Crippen molar-refractivity contribution < 1.29 is 14.3 Å². The zero-order valence-electron chi connectivity index (χ0n) is 16.4. The lowest BCUT2D eigenvalue weighted by Crippen LogP contribution is -2.55. The highest BCUT2D eigenvalue weighted by atomic mass is 16.5. The van der Waals surface area contributed by atoms with Crippen LogP contribution in [0.2, 0.25) is 0 Å². The molecule has 1 aliphatic heterocycles. The Labute approximate surface area is 151 Å². The molecule has 0 amide bonds. The fraction of sp³-hybridized carbons (Fsp3) is 1.00. The molecule has 1 aliphatic rings. The Hall–Kier alpha value is -0.120. The molecule has 144 valence electrons. The van der Waals surface area contributed by atoms with E-state index in [2.05, 4.69) is 6.92 Å². The molecule has 1 heterocycles. The second-order valence-corrected chi connectivity index (χ2v) is 7.76. The van der Waals surface area contributed by atoms with E-state index in [1.165, 1.54) is 108 Å². The summed E-state index contributed by atoms with van der Waals surface area (Å²) in [7, 11) is 0. The smallest absolute Gasteiger partial charge is 0.102 e. The molecule has 3 nitrogen and oxygen atoms in total. The average Bonchev–Trinajstić information content (AvgIpc) is 2.63. The van der Waals surface area contributed by atoms with Crippen LogP contribution in [-0.2, 0) is 4.74 Å². The summed E-state index contributed by atoms with van der Waals surface area (Å²) in [6.45, 7) is 9.77. The van der Waals surface area contributed by atoms with Gasteiger partial charge in [0.1, 0.15) is 13.1 Å². The minimum absolute atomic E-state index is 0.368. The maximum absolute atomic E-state index is 8.73. The Morgan fingerprint density at radius 3 is 1.50 bits per heavy atom. The van der Waals surface area contributed by atoms with E-state index in [4.69, 9.17) is 9.84 Å². The van der Waals surface area contributed by atoms with Crippen LogP contribution in [-0.4, -0.2) is 55.6 Å². The first kappa shape index (κ1) is 21.9. The first-order chi connectivity index (χ1) is 11.8. The van der Waals surface area contributed by atoms with Gasteiger partial charge >= 0.3 is 0 Å². The van der Waals surface area contributed by atoms with Crippen molar-refractivity contribution in [2.24, 2.45) is 0 Å². The number of nitrogens with zero attached hydrogens (tertiary/aromatic N) is 1. The Morgan fingerprint density at radius 2 is 1.08 bits per heavy atom. The first-order valence-corrected chi connectivity index (χ1v) is 10.9. The van der Waals surface area contributed by atoms with E-state index >= 15 is 0 Å². The third-order valence-electron chi connectivity index (χ3n) is 5.88. The van der Waals surface area contributed by atoms with Gasteiger partial charge in [-0.15, -0.1) is 0 Å². The summed E-state index contributed by atoms with van der Waals surface area (Å²) in [5.74, 6) is 0. The molecule has 1 fully saturated rings. The lowest BCUT2D eigenvalue weighted by molar-refractivity contribution is -0.933. The third-order valence-corrected chi connectivity index (χ3v) is 5.88. The second-order valence-electron chi connectivity index (χ2n) is 7.76. The van der Waals surface area contributed by atoms with E-state index in [0.29, 0.717) is 6.61 Å². The average molecular weight is 343 g/mol. The molecule has 0 spiro atoms. The molecule has 0 aromatic carbocycles. The summed E-state index contributed by atoms with van der Waals surface area (Å²) in [5, 5.41) is 8.73. The predicted molar refractivity (Wildman–Crippen MR) is 103 cm³/mol. The van der Waals surface area contributed by atoms with Crippen LogP contribution in [0.1, 0.15) is 90.4 Å². The molecule has 0 unspecified atom stereocenters. The summed E-state index contributed by atoms with van der Waals surface area (Å²) in [4.78, 5) is 0. The van der Waals surface area contributed by atoms with Crippen LogP contribution in [0.5, 0.6) is 0 Å². The first-order valence-electron chi connectivity index (χ1n) is 10.9. The zero-order valence-corrected chi connectivity index (χ0v) is 16.4. The second kappa shape index (κ2) is 15.2. The van der Waals surface area contributed by atoms with E-state index in [1.54, 1.807) is 0 Å². The SMILES string of the molecule is CC[N+]1(CCCCCCCCCCCCCCCO)CCOCC1. The lowest BCUT2D eigenvalue weighted by Gasteiger charge is -2.40. The maximum atomic E-state index is 8.73. The number of quaternary nitrogens is 1. The maximum Gasteiger partial charge on any atom is 0.102 e. The van der Waals surface area contributed by atoms with Gasteiger partial charge in [0.05, 0.1) is 26.3 Å². The van der Waals surface area contributed by atoms with Crippen molar-refractivity contribution in [3.05, 3.63) is 0 Å². The Balaban J connectivity index is 1.80. The molecular formula is C21H44NO2+. The highest BCUT2D eigenvalue weighted by Crippen LogP contribution is 2.16. The van der Waals surface area contributed by atoms with Crippen molar-refractivity contribution in [2.45, 2.75) is 90.4 Å². The number of rotatable bonds is 16. The van der Waals surface area contributed by atoms with E-state index in [0.717, 1.165) is 19.6 Å². The number of likely N-dealkylation sites (N-methyl/N-ethyl adjacent to an activating group) is 1. The van der Waals surface area contributed by atoms with Crippen molar-refractivity contribution in [3.63, 3.8) is 0 Å². The Morgan fingerprint density at radius 1 is 0.667 bits per heavy atom. The quantitative estimate of drug-likeness (QED) is 0.319. The molecule has 0 aromatic heterocycles. The van der Waals surface area contributed by atoms with Crippen LogP contribution >= 0.6 is 0 Å². The fourth-order valence-corrected chi connectivity index (χ4v) is 3.93. The molecule has 24 heavy (non-hydrogen) atoms. The number of ether oxygens (including phenoxy) is 1. The van der Waals surface area contributed by atoms with Gasteiger partial charge in [-0.1, -0.05) is 64.2 Å². The molecule has 1 rings (SSSR count). The van der Waals surface area contributed by atoms with Gasteiger partial charge in [-0.05, 0) is 26.2 Å². The van der Waals surface area contributed by atoms with Gasteiger partial charge in [0.15, 0.2) is 0 Å². The van der Waals surface area contributed by atoms with Gasteiger partial charge in [-0.25, -0.2) is 0 Å². The predicted octanol–water partition coefficient (Wildman–Crippen LogP) is 4.92. The monoisotopic (exact) mass is 342 g/mol. The number of hydrogen-bond donors (Lipinski definition) is 1. The van der Waals surface area contributed by atoms with Crippen LogP contribution in [0.3, 0.4) is 0 Å². The van der Waals surface area contributed by atoms with Crippen molar-refractivity contribution in [1.29, 1.82) is 0 Å². The summed E-state index contributed by atoms with van der Waals surface area (Å²) >= 11 is 0. The summed E-state index contributed by atoms with van der Waals surface area (Å²) in [6.07, 6.45) is 17.7. The van der Waals surface area contributed by atoms with Gasteiger partial charge < -0.3 is 14.3 Å². The standard InChI is InChI=1S/C21H44NO2/c1-2-22(17-20-24-21-18-22)16-14-12-10-8-6-4-3-5-7-9-11-13-15-19-23/h23H,2-21H2,1H3/q+1. The van der Waals surface area contributed by atoms with Crippen LogP contribution in [0.15, 0.2) is 0 Å². The van der Waals surface area contributed by atoms with Gasteiger partial charge in [-0.2, -0.15) is 0 Å². The topological polar surface area (TPSA) is 29.5 Å². The van der Waals surface area contributed by atoms with Crippen molar-refractivity contribution >= 4 is 0 Å². The molecule has 0 bridgehead atoms. The number of hydrogen-bond acceptors (Lipinski definition) is 2. The summed E-state index contributed by atoms with van der Waals surface area (Å²) in [5.41, 5.74) is 0. The normalized spacial score (nSPS) is 17.2. The van der Waals surface area contributed by atoms with E-state index in [9.17, 15) is 0 Å². The highest BCUT2D eigenvalue weighted by Gasteiger charge is 2.27. The van der Waals surface area contributed by atoms with Crippen LogP contribution in [0.25, 0.3) is 0 Å². The van der Waals surface area contributed by atoms with Crippen molar-refractivity contribution in [1.82, 2.24) is 0 Å². The Bertz CT molecular complexity index is 265. The van der Waals surface area contributed by atoms with Gasteiger partial charge in [0, 0.05) is 6.61 Å². The molecule has 0 saturated carbocycles. The number of unbranched alkanes of at least 4 members (excludes halogenated alkanes) is 12.